The third-order valence-electron chi connectivity index (χ3n) is 5.98. The molecule has 4 heterocycles. The number of halogens is 2. The number of nitrogens with zero attached hydrogens (tertiary/aromatic N) is 4. The summed E-state index contributed by atoms with van der Waals surface area (Å²) in [4.78, 5) is 11.2. The van der Waals surface area contributed by atoms with E-state index in [4.69, 9.17) is 9.72 Å². The quantitative estimate of drug-likeness (QED) is 0.313. The first-order valence-corrected chi connectivity index (χ1v) is 12.4. The van der Waals surface area contributed by atoms with Crippen molar-refractivity contribution in [1.82, 2.24) is 19.7 Å². The Labute approximate surface area is 210 Å². The first-order valence-electron chi connectivity index (χ1n) is 11.6. The van der Waals surface area contributed by atoms with Gasteiger partial charge in [-0.25, -0.2) is 23.4 Å². The van der Waals surface area contributed by atoms with Crippen molar-refractivity contribution in [2.24, 2.45) is 0 Å². The van der Waals surface area contributed by atoms with Crippen LogP contribution in [-0.2, 0) is 12.8 Å². The summed E-state index contributed by atoms with van der Waals surface area (Å²) in [7, 11) is 0. The van der Waals surface area contributed by atoms with Crippen LogP contribution in [0.1, 0.15) is 10.4 Å². The molecule has 1 aliphatic rings. The Bertz CT molecular complexity index is 1530. The van der Waals surface area contributed by atoms with Crippen molar-refractivity contribution in [3.63, 3.8) is 0 Å². The van der Waals surface area contributed by atoms with Gasteiger partial charge in [0.1, 0.15) is 35.1 Å². The van der Waals surface area contributed by atoms with Crippen molar-refractivity contribution in [3.05, 3.63) is 95.1 Å². The molecule has 0 fully saturated rings. The highest BCUT2D eigenvalue weighted by Crippen LogP contribution is 2.42. The minimum absolute atomic E-state index is 0.138. The Morgan fingerprint density at radius 3 is 2.78 bits per heavy atom. The number of rotatable bonds is 6. The average Bonchev–Trinajstić information content (AvgIpc) is 3.49. The lowest BCUT2D eigenvalue weighted by Gasteiger charge is -2.11. The number of anilines is 1. The van der Waals surface area contributed by atoms with Crippen molar-refractivity contribution in [2.45, 2.75) is 12.8 Å². The van der Waals surface area contributed by atoms with Crippen LogP contribution < -0.4 is 10.1 Å². The Balaban J connectivity index is 1.31. The molecular formula is C27H21F2N5OS. The van der Waals surface area contributed by atoms with Crippen LogP contribution in [0.4, 0.5) is 14.6 Å². The monoisotopic (exact) mass is 501 g/mol. The molecule has 0 atom stereocenters. The van der Waals surface area contributed by atoms with Crippen LogP contribution in [0.5, 0.6) is 5.75 Å². The lowest BCUT2D eigenvalue weighted by Crippen LogP contribution is -2.07. The maximum absolute atomic E-state index is 14.5. The van der Waals surface area contributed by atoms with E-state index in [1.165, 1.54) is 28.7 Å². The van der Waals surface area contributed by atoms with E-state index in [0.29, 0.717) is 18.9 Å². The molecule has 180 valence electrons. The maximum Gasteiger partial charge on any atom is 0.173 e. The lowest BCUT2D eigenvalue weighted by molar-refractivity contribution is 0.326. The summed E-state index contributed by atoms with van der Waals surface area (Å²) < 4.78 is 35.3. The number of pyridine rings is 1. The first kappa shape index (κ1) is 22.4. The van der Waals surface area contributed by atoms with Gasteiger partial charge < -0.3 is 10.1 Å². The van der Waals surface area contributed by atoms with Crippen molar-refractivity contribution in [1.29, 1.82) is 0 Å². The summed E-state index contributed by atoms with van der Waals surface area (Å²) >= 11 is 1.55. The van der Waals surface area contributed by atoms with Crippen LogP contribution in [0.15, 0.2) is 73.1 Å². The number of hydrogen-bond donors (Lipinski definition) is 1. The Kier molecular flexibility index (Phi) is 5.90. The molecule has 6 rings (SSSR count). The van der Waals surface area contributed by atoms with Gasteiger partial charge in [-0.2, -0.15) is 5.10 Å². The van der Waals surface area contributed by atoms with Crippen LogP contribution in [0.2, 0.25) is 0 Å². The normalized spacial score (nSPS) is 12.4. The van der Waals surface area contributed by atoms with E-state index in [-0.39, 0.29) is 5.69 Å². The first-order chi connectivity index (χ1) is 17.7. The molecule has 0 spiro atoms. The molecule has 0 radical (unpaired) electrons. The van der Waals surface area contributed by atoms with E-state index in [0.717, 1.165) is 51.6 Å². The Morgan fingerprint density at radius 2 is 1.92 bits per heavy atom. The van der Waals surface area contributed by atoms with E-state index in [2.05, 4.69) is 27.5 Å². The summed E-state index contributed by atoms with van der Waals surface area (Å²) in [6.07, 6.45) is 2.97. The summed E-state index contributed by atoms with van der Waals surface area (Å²) in [6, 6.07) is 19.6. The largest absolute Gasteiger partial charge is 0.491 e. The Hall–Kier alpha value is -4.11. The smallest absolute Gasteiger partial charge is 0.173 e. The molecule has 6 nitrogen and oxygen atoms in total. The summed E-state index contributed by atoms with van der Waals surface area (Å²) in [5.74, 6) is 0.629. The summed E-state index contributed by atoms with van der Waals surface area (Å²) in [5, 5.41) is 7.60. The van der Waals surface area contributed by atoms with Gasteiger partial charge in [0.15, 0.2) is 11.6 Å². The fourth-order valence-corrected chi connectivity index (χ4v) is 5.38. The second kappa shape index (κ2) is 9.50. The fraction of sp³-hybridized carbons (Fsp3) is 0.148. The molecule has 1 aliphatic heterocycles. The maximum atomic E-state index is 14.5. The molecule has 0 unspecified atom stereocenters. The minimum atomic E-state index is -0.702. The van der Waals surface area contributed by atoms with Gasteiger partial charge in [-0.1, -0.05) is 30.3 Å². The van der Waals surface area contributed by atoms with Crippen LogP contribution >= 0.6 is 11.3 Å². The molecule has 2 aromatic carbocycles. The summed E-state index contributed by atoms with van der Waals surface area (Å²) in [6.45, 7) is 1.28. The van der Waals surface area contributed by atoms with Gasteiger partial charge >= 0.3 is 0 Å². The minimum Gasteiger partial charge on any atom is -0.491 e. The summed E-state index contributed by atoms with van der Waals surface area (Å²) in [5.41, 5.74) is 3.12. The van der Waals surface area contributed by atoms with Crippen LogP contribution in [0.3, 0.4) is 0 Å². The number of thiophene rings is 1. The van der Waals surface area contributed by atoms with Gasteiger partial charge in [0.2, 0.25) is 0 Å². The number of ether oxygens (including phenoxy) is 1. The van der Waals surface area contributed by atoms with E-state index in [1.807, 2.05) is 36.4 Å². The number of aromatic nitrogens is 4. The van der Waals surface area contributed by atoms with E-state index >= 15 is 0 Å². The fourth-order valence-electron chi connectivity index (χ4n) is 4.25. The second-order valence-corrected chi connectivity index (χ2v) is 9.48. The van der Waals surface area contributed by atoms with Gasteiger partial charge in [-0.05, 0) is 42.3 Å². The third kappa shape index (κ3) is 4.33. The number of benzene rings is 2. The lowest BCUT2D eigenvalue weighted by atomic mass is 10.1. The molecule has 1 N–H and O–H groups in total. The molecule has 9 heteroatoms. The van der Waals surface area contributed by atoms with Crippen LogP contribution in [0, 0.1) is 11.6 Å². The van der Waals surface area contributed by atoms with E-state index in [1.54, 1.807) is 11.3 Å². The zero-order chi connectivity index (χ0) is 24.5. The molecule has 5 aromatic rings. The zero-order valence-corrected chi connectivity index (χ0v) is 19.9. The number of hydrogen-bond acceptors (Lipinski definition) is 6. The van der Waals surface area contributed by atoms with Crippen LogP contribution in [0.25, 0.3) is 27.6 Å². The van der Waals surface area contributed by atoms with E-state index in [9.17, 15) is 8.78 Å². The van der Waals surface area contributed by atoms with Crippen molar-refractivity contribution in [3.8, 4) is 33.4 Å². The van der Waals surface area contributed by atoms with Crippen molar-refractivity contribution in [2.75, 3.05) is 18.5 Å². The van der Waals surface area contributed by atoms with Crippen molar-refractivity contribution < 1.29 is 13.5 Å². The molecule has 3 aromatic heterocycles. The predicted octanol–water partition coefficient (Wildman–Crippen LogP) is 5.93. The van der Waals surface area contributed by atoms with Gasteiger partial charge in [0.25, 0.3) is 0 Å². The number of nitrogens with one attached hydrogen (secondary N) is 1. The van der Waals surface area contributed by atoms with Gasteiger partial charge in [0.05, 0.1) is 11.5 Å². The van der Waals surface area contributed by atoms with Crippen molar-refractivity contribution >= 4 is 17.2 Å². The highest BCUT2D eigenvalue weighted by molar-refractivity contribution is 7.16. The number of fused-ring (bicyclic) bond motifs is 3. The average molecular weight is 502 g/mol. The molecule has 0 saturated carbocycles. The highest BCUT2D eigenvalue weighted by Gasteiger charge is 2.23. The van der Waals surface area contributed by atoms with Gasteiger partial charge in [0, 0.05) is 29.5 Å². The van der Waals surface area contributed by atoms with Gasteiger partial charge in [-0.15, -0.1) is 11.3 Å². The molecule has 0 bridgehead atoms. The molecule has 36 heavy (non-hydrogen) atoms. The molecule has 0 aliphatic carbocycles. The SMILES string of the molecule is Fc1ccc(-n2ncnc2-c2cc3c(s2)CCOc2ccc(NCCc4ccccc4)nc2-3)c(F)c1. The molecule has 0 saturated heterocycles. The molecule has 0 amide bonds. The zero-order valence-electron chi connectivity index (χ0n) is 19.1. The standard InChI is InChI=1S/C27H21F2N5OS/c28-18-6-7-21(20(29)14-18)34-27(31-16-32-34)24-15-19-23(36-24)11-13-35-22-8-9-25(33-26(19)22)30-12-10-17-4-2-1-3-5-17/h1-9,14-16H,10-13H2,(H,30,33). The Morgan fingerprint density at radius 1 is 1.03 bits per heavy atom. The second-order valence-electron chi connectivity index (χ2n) is 8.34. The molecular weight excluding hydrogens is 480 g/mol. The van der Waals surface area contributed by atoms with Gasteiger partial charge in [-0.3, -0.25) is 0 Å². The van der Waals surface area contributed by atoms with Crippen LogP contribution in [-0.4, -0.2) is 32.9 Å². The topological polar surface area (TPSA) is 64.9 Å². The highest BCUT2D eigenvalue weighted by atomic mass is 32.1. The van der Waals surface area contributed by atoms with E-state index < -0.39 is 11.6 Å². The third-order valence-corrected chi connectivity index (χ3v) is 7.17. The predicted molar refractivity (Wildman–Crippen MR) is 136 cm³/mol.